The van der Waals surface area contributed by atoms with Crippen molar-refractivity contribution in [3.8, 4) is 0 Å². The van der Waals surface area contributed by atoms with Gasteiger partial charge in [-0.25, -0.2) is 9.78 Å². The van der Waals surface area contributed by atoms with Gasteiger partial charge in [0.25, 0.3) is 5.56 Å². The highest BCUT2D eigenvalue weighted by atomic mass is 16.2. The van der Waals surface area contributed by atoms with Crippen molar-refractivity contribution in [3.63, 3.8) is 0 Å². The maximum atomic E-state index is 13.3. The molecule has 3 aromatic heterocycles. The monoisotopic (exact) mass is 429 g/mol. The van der Waals surface area contributed by atoms with E-state index in [1.165, 1.54) is 10.8 Å². The van der Waals surface area contributed by atoms with E-state index in [1.807, 2.05) is 32.0 Å². The number of pyridine rings is 2. The van der Waals surface area contributed by atoms with Gasteiger partial charge < -0.3 is 5.32 Å². The lowest BCUT2D eigenvalue weighted by Gasteiger charge is -2.16. The van der Waals surface area contributed by atoms with Crippen LogP contribution in [-0.2, 0) is 24.3 Å². The van der Waals surface area contributed by atoms with Gasteiger partial charge in [-0.1, -0.05) is 25.1 Å². The summed E-state index contributed by atoms with van der Waals surface area (Å²) in [7, 11) is 0. The number of hydrogen-bond donors (Lipinski definition) is 1. The second-order valence-electron chi connectivity index (χ2n) is 7.50. The number of fused-ring (bicyclic) bond motifs is 1. The first-order chi connectivity index (χ1) is 15.5. The van der Waals surface area contributed by atoms with E-state index in [4.69, 9.17) is 0 Å². The van der Waals surface area contributed by atoms with Crippen molar-refractivity contribution >= 4 is 22.6 Å². The van der Waals surface area contributed by atoms with Crippen molar-refractivity contribution in [2.75, 3.05) is 5.32 Å². The average Bonchev–Trinajstić information content (AvgIpc) is 2.81. The molecule has 0 aliphatic rings. The molecular weight excluding hydrogens is 406 g/mol. The van der Waals surface area contributed by atoms with Gasteiger partial charge in [-0.15, -0.1) is 0 Å². The lowest BCUT2D eigenvalue weighted by atomic mass is 10.1. The number of aromatic nitrogens is 4. The lowest BCUT2D eigenvalue weighted by Crippen LogP contribution is -2.42. The summed E-state index contributed by atoms with van der Waals surface area (Å²) in [5.74, 6) is -0.352. The number of rotatable bonds is 6. The molecule has 0 radical (unpaired) electrons. The van der Waals surface area contributed by atoms with Crippen LogP contribution in [0.25, 0.3) is 11.0 Å². The highest BCUT2D eigenvalue weighted by Crippen LogP contribution is 2.21. The third kappa shape index (κ3) is 4.07. The van der Waals surface area contributed by atoms with E-state index in [9.17, 15) is 14.4 Å². The number of nitrogens with zero attached hydrogens (tertiary/aromatic N) is 4. The average molecular weight is 429 g/mol. The highest BCUT2D eigenvalue weighted by molar-refractivity contribution is 5.93. The molecule has 8 nitrogen and oxygen atoms in total. The van der Waals surface area contributed by atoms with Gasteiger partial charge in [-0.3, -0.25) is 23.7 Å². The molecule has 0 saturated carbocycles. The van der Waals surface area contributed by atoms with Crippen molar-refractivity contribution in [2.24, 2.45) is 0 Å². The summed E-state index contributed by atoms with van der Waals surface area (Å²) in [6.07, 6.45) is 5.45. The molecule has 0 saturated heterocycles. The molecule has 0 aliphatic carbocycles. The lowest BCUT2D eigenvalue weighted by molar-refractivity contribution is -0.116. The Morgan fingerprint density at radius 1 is 1.00 bits per heavy atom. The minimum absolute atomic E-state index is 0.0616. The predicted octanol–water partition coefficient (Wildman–Crippen LogP) is 2.51. The van der Waals surface area contributed by atoms with Gasteiger partial charge in [0.2, 0.25) is 5.91 Å². The van der Waals surface area contributed by atoms with Gasteiger partial charge in [0, 0.05) is 24.3 Å². The Morgan fingerprint density at radius 2 is 1.78 bits per heavy atom. The van der Waals surface area contributed by atoms with Crippen LogP contribution >= 0.6 is 0 Å². The van der Waals surface area contributed by atoms with Crippen molar-refractivity contribution < 1.29 is 4.79 Å². The van der Waals surface area contributed by atoms with Crippen LogP contribution < -0.4 is 16.6 Å². The molecule has 0 unspecified atom stereocenters. The number of nitrogens with one attached hydrogen (secondary N) is 1. The SMILES string of the molecule is CCc1cccc(C)c1NC(=O)Cn1c(=O)n(Cc2ccncc2)c(=O)c2ncccc21. The molecule has 0 fully saturated rings. The summed E-state index contributed by atoms with van der Waals surface area (Å²) in [6.45, 7) is 3.76. The zero-order chi connectivity index (χ0) is 22.7. The highest BCUT2D eigenvalue weighted by Gasteiger charge is 2.17. The van der Waals surface area contributed by atoms with Crippen LogP contribution in [0.1, 0.15) is 23.6 Å². The largest absolute Gasteiger partial charge is 0.332 e. The number of anilines is 1. The van der Waals surface area contributed by atoms with E-state index in [-0.39, 0.29) is 24.5 Å². The maximum Gasteiger partial charge on any atom is 0.332 e. The molecule has 0 aliphatic heterocycles. The van der Waals surface area contributed by atoms with E-state index in [1.54, 1.807) is 36.7 Å². The van der Waals surface area contributed by atoms with Crippen LogP contribution in [0.4, 0.5) is 5.69 Å². The molecule has 0 spiro atoms. The summed E-state index contributed by atoms with van der Waals surface area (Å²) in [5, 5.41) is 2.94. The molecule has 1 aromatic carbocycles. The van der Waals surface area contributed by atoms with Crippen LogP contribution in [0, 0.1) is 6.92 Å². The number of carbonyl (C=O) groups is 1. The first-order valence-corrected chi connectivity index (χ1v) is 10.3. The Hall–Kier alpha value is -4.07. The summed E-state index contributed by atoms with van der Waals surface area (Å²) >= 11 is 0. The van der Waals surface area contributed by atoms with Crippen LogP contribution in [0.3, 0.4) is 0 Å². The fourth-order valence-electron chi connectivity index (χ4n) is 3.73. The molecule has 3 heterocycles. The zero-order valence-electron chi connectivity index (χ0n) is 17.9. The van der Waals surface area contributed by atoms with Crippen molar-refractivity contribution in [3.05, 3.63) is 98.6 Å². The fourth-order valence-corrected chi connectivity index (χ4v) is 3.73. The minimum Gasteiger partial charge on any atom is -0.324 e. The van der Waals surface area contributed by atoms with Gasteiger partial charge in [0.15, 0.2) is 5.52 Å². The number of benzene rings is 1. The molecular formula is C24H23N5O3. The minimum atomic E-state index is -0.567. The normalized spacial score (nSPS) is 10.9. The summed E-state index contributed by atoms with van der Waals surface area (Å²) in [4.78, 5) is 47.4. The van der Waals surface area contributed by atoms with Crippen LogP contribution in [0.2, 0.25) is 0 Å². The van der Waals surface area contributed by atoms with Gasteiger partial charge >= 0.3 is 5.69 Å². The third-order valence-corrected chi connectivity index (χ3v) is 5.38. The Balaban J connectivity index is 1.76. The molecule has 0 bridgehead atoms. The van der Waals surface area contributed by atoms with Gasteiger partial charge in [-0.2, -0.15) is 0 Å². The van der Waals surface area contributed by atoms with Crippen LogP contribution in [-0.4, -0.2) is 25.0 Å². The Bertz CT molecular complexity index is 1410. The molecule has 162 valence electrons. The van der Waals surface area contributed by atoms with Crippen molar-refractivity contribution in [1.29, 1.82) is 0 Å². The predicted molar refractivity (Wildman–Crippen MR) is 123 cm³/mol. The molecule has 8 heteroatoms. The molecule has 0 atom stereocenters. The number of carbonyl (C=O) groups excluding carboxylic acids is 1. The van der Waals surface area contributed by atoms with Crippen molar-refractivity contribution in [1.82, 2.24) is 19.1 Å². The second kappa shape index (κ2) is 8.97. The van der Waals surface area contributed by atoms with Crippen LogP contribution in [0.15, 0.2) is 70.6 Å². The molecule has 1 amide bonds. The summed E-state index contributed by atoms with van der Waals surface area (Å²) < 4.78 is 2.40. The van der Waals surface area contributed by atoms with Crippen LogP contribution in [0.5, 0.6) is 0 Å². The Kier molecular flexibility index (Phi) is 5.93. The summed E-state index contributed by atoms with van der Waals surface area (Å²) in [5.41, 5.74) is 2.86. The summed E-state index contributed by atoms with van der Waals surface area (Å²) in [6, 6.07) is 12.6. The first kappa shape index (κ1) is 21.2. The number of hydrogen-bond acceptors (Lipinski definition) is 5. The van der Waals surface area contributed by atoms with Gasteiger partial charge in [-0.05, 0) is 54.3 Å². The molecule has 32 heavy (non-hydrogen) atoms. The fraction of sp³-hybridized carbons (Fsp3) is 0.208. The van der Waals surface area contributed by atoms with E-state index in [2.05, 4.69) is 15.3 Å². The molecule has 4 rings (SSSR count). The second-order valence-corrected chi connectivity index (χ2v) is 7.50. The Morgan fingerprint density at radius 3 is 2.53 bits per heavy atom. The molecule has 4 aromatic rings. The van der Waals surface area contributed by atoms with Gasteiger partial charge in [0.05, 0.1) is 12.1 Å². The molecule has 1 N–H and O–H groups in total. The smallest absolute Gasteiger partial charge is 0.324 e. The van der Waals surface area contributed by atoms with Gasteiger partial charge in [0.1, 0.15) is 6.54 Å². The third-order valence-electron chi connectivity index (χ3n) is 5.38. The number of amides is 1. The first-order valence-electron chi connectivity index (χ1n) is 10.3. The van der Waals surface area contributed by atoms with E-state index >= 15 is 0 Å². The van der Waals surface area contributed by atoms with Crippen molar-refractivity contribution in [2.45, 2.75) is 33.4 Å². The number of aryl methyl sites for hydroxylation is 2. The standard InChI is InChI=1S/C24H23N5O3/c1-3-18-7-4-6-16(2)21(18)27-20(30)15-28-19-8-5-11-26-22(19)23(31)29(24(28)32)14-17-9-12-25-13-10-17/h4-13H,3,14-15H2,1-2H3,(H,27,30). The Labute approximate surface area is 184 Å². The topological polar surface area (TPSA) is 98.9 Å². The van der Waals surface area contributed by atoms with E-state index < -0.39 is 11.2 Å². The van der Waals surface area contributed by atoms with E-state index in [0.717, 1.165) is 33.4 Å². The quantitative estimate of drug-likeness (QED) is 0.508. The van der Waals surface area contributed by atoms with E-state index in [0.29, 0.717) is 5.52 Å². The zero-order valence-corrected chi connectivity index (χ0v) is 17.9. The number of para-hydroxylation sites is 1. The maximum absolute atomic E-state index is 13.3.